The molecule has 5 aromatic carbocycles. The van der Waals surface area contributed by atoms with Crippen LogP contribution in [0.25, 0.3) is 16.6 Å². The zero-order chi connectivity index (χ0) is 48.0. The van der Waals surface area contributed by atoms with E-state index in [1.807, 2.05) is 56.3 Å². The maximum absolute atomic E-state index is 13.0. The summed E-state index contributed by atoms with van der Waals surface area (Å²) in [5.41, 5.74) is 7.06. The molecule has 0 spiro atoms. The van der Waals surface area contributed by atoms with Crippen molar-refractivity contribution < 1.29 is 40.6 Å². The lowest BCUT2D eigenvalue weighted by Gasteiger charge is -2.34. The van der Waals surface area contributed by atoms with Crippen LogP contribution in [-0.2, 0) is 19.1 Å². The van der Waals surface area contributed by atoms with Crippen molar-refractivity contribution in [2.45, 2.75) is 58.1 Å². The molecule has 3 aromatic heterocycles. The van der Waals surface area contributed by atoms with Crippen LogP contribution in [0, 0.1) is 6.92 Å². The lowest BCUT2D eigenvalue weighted by atomic mass is 9.89. The predicted octanol–water partition coefficient (Wildman–Crippen LogP) is 13.3. The SMILES string of the molecule is CCc1nc2ccc(Cl)cn2c1C(=O)NCc1ccc(N2CCC(c3ccc(OC(F)(F)F)cc3)CC2)cc1.Cc1ccc2c(Nc3ccc(Oc4ccc(C(F)(F)F)cc4)cc3)ncnc2c1. The van der Waals surface area contributed by atoms with E-state index >= 15 is 0 Å². The molecule has 0 bridgehead atoms. The van der Waals surface area contributed by atoms with Crippen molar-refractivity contribution in [3.8, 4) is 17.2 Å². The Hall–Kier alpha value is -7.33. The summed E-state index contributed by atoms with van der Waals surface area (Å²) < 4.78 is 86.4. The zero-order valence-corrected chi connectivity index (χ0v) is 37.5. The number of benzene rings is 5. The number of imidazole rings is 1. The smallest absolute Gasteiger partial charge is 0.457 e. The van der Waals surface area contributed by atoms with Crippen LogP contribution < -0.4 is 25.0 Å². The van der Waals surface area contributed by atoms with E-state index in [-0.39, 0.29) is 17.6 Å². The van der Waals surface area contributed by atoms with Gasteiger partial charge in [-0.2, -0.15) is 13.2 Å². The molecule has 0 radical (unpaired) electrons. The number of anilines is 3. The summed E-state index contributed by atoms with van der Waals surface area (Å²) in [6.45, 7) is 6.04. The van der Waals surface area contributed by atoms with Gasteiger partial charge >= 0.3 is 12.5 Å². The molecule has 17 heteroatoms. The van der Waals surface area contributed by atoms with Gasteiger partial charge in [0.05, 0.1) is 21.8 Å². The number of halogens is 7. The summed E-state index contributed by atoms with van der Waals surface area (Å²) in [6, 6.07) is 35.5. The maximum Gasteiger partial charge on any atom is 0.573 e. The van der Waals surface area contributed by atoms with E-state index in [0.29, 0.717) is 46.6 Å². The highest BCUT2D eigenvalue weighted by atomic mass is 35.5. The number of hydrogen-bond donors (Lipinski definition) is 2. The lowest BCUT2D eigenvalue weighted by molar-refractivity contribution is -0.274. The molecular weight excluding hydrogens is 908 g/mol. The molecule has 1 amide bonds. The highest BCUT2D eigenvalue weighted by Gasteiger charge is 2.32. The number of nitrogens with zero attached hydrogens (tertiary/aromatic N) is 5. The van der Waals surface area contributed by atoms with Crippen LogP contribution in [0.1, 0.15) is 64.1 Å². The summed E-state index contributed by atoms with van der Waals surface area (Å²) in [7, 11) is 0. The van der Waals surface area contributed by atoms with Crippen molar-refractivity contribution in [2.24, 2.45) is 0 Å². The number of nitrogens with one attached hydrogen (secondary N) is 2. The van der Waals surface area contributed by atoms with E-state index < -0.39 is 18.1 Å². The number of pyridine rings is 1. The minimum atomic E-state index is -4.68. The van der Waals surface area contributed by atoms with Crippen molar-refractivity contribution >= 4 is 51.3 Å². The Bertz CT molecular complexity index is 2990. The molecule has 9 rings (SSSR count). The molecule has 1 aliphatic heterocycles. The molecule has 0 saturated carbocycles. The molecule has 8 aromatic rings. The van der Waals surface area contributed by atoms with Gasteiger partial charge in [-0.05, 0) is 146 Å². The van der Waals surface area contributed by atoms with E-state index in [2.05, 4.69) is 47.4 Å². The summed E-state index contributed by atoms with van der Waals surface area (Å²) in [5, 5.41) is 7.69. The fraction of sp³-hybridized carbons (Fsp3) is 0.216. The largest absolute Gasteiger partial charge is 0.573 e. The number of carbonyl (C=O) groups is 1. The Morgan fingerprint density at radius 2 is 1.46 bits per heavy atom. The maximum atomic E-state index is 13.0. The molecule has 2 N–H and O–H groups in total. The first-order chi connectivity index (χ1) is 32.6. The second-order valence-electron chi connectivity index (χ2n) is 16.1. The van der Waals surface area contributed by atoms with Gasteiger partial charge in [0.1, 0.15) is 40.7 Å². The van der Waals surface area contributed by atoms with Crippen molar-refractivity contribution in [1.82, 2.24) is 24.7 Å². The number of aromatic nitrogens is 4. The molecular formula is C51H44ClF6N7O3. The third-order valence-corrected chi connectivity index (χ3v) is 11.6. The third-order valence-electron chi connectivity index (χ3n) is 11.4. The summed E-state index contributed by atoms with van der Waals surface area (Å²) >= 11 is 6.14. The van der Waals surface area contributed by atoms with Gasteiger partial charge in [-0.25, -0.2) is 15.0 Å². The fourth-order valence-corrected chi connectivity index (χ4v) is 8.08. The Morgan fingerprint density at radius 3 is 2.10 bits per heavy atom. The number of alkyl halides is 6. The van der Waals surface area contributed by atoms with Crippen molar-refractivity contribution in [2.75, 3.05) is 23.3 Å². The van der Waals surface area contributed by atoms with Crippen molar-refractivity contribution in [3.05, 3.63) is 179 Å². The van der Waals surface area contributed by atoms with Gasteiger partial charge in [-0.1, -0.05) is 48.9 Å². The highest BCUT2D eigenvalue weighted by Crippen LogP contribution is 2.34. The third kappa shape index (κ3) is 11.8. The van der Waals surface area contributed by atoms with Crippen LogP contribution in [0.3, 0.4) is 0 Å². The summed E-state index contributed by atoms with van der Waals surface area (Å²) in [4.78, 5) is 28.5. The average Bonchev–Trinajstić information content (AvgIpc) is 3.69. The molecule has 10 nitrogen and oxygen atoms in total. The van der Waals surface area contributed by atoms with Crippen molar-refractivity contribution in [3.63, 3.8) is 0 Å². The van der Waals surface area contributed by atoms with Gasteiger partial charge < -0.3 is 25.0 Å². The van der Waals surface area contributed by atoms with Crippen LogP contribution in [0.15, 0.2) is 140 Å². The van der Waals surface area contributed by atoms with E-state index in [1.165, 1.54) is 30.6 Å². The Labute approximate surface area is 392 Å². The topological polar surface area (TPSA) is 106 Å². The number of aryl methyl sites for hydroxylation is 2. The predicted molar refractivity (Wildman–Crippen MR) is 250 cm³/mol. The van der Waals surface area contributed by atoms with Crippen LogP contribution >= 0.6 is 11.6 Å². The van der Waals surface area contributed by atoms with Crippen molar-refractivity contribution in [1.29, 1.82) is 0 Å². The molecule has 68 heavy (non-hydrogen) atoms. The number of piperidine rings is 1. The monoisotopic (exact) mass is 951 g/mol. The van der Waals surface area contributed by atoms with Gasteiger partial charge in [0.2, 0.25) is 0 Å². The van der Waals surface area contributed by atoms with Gasteiger partial charge in [-0.15, -0.1) is 13.2 Å². The van der Waals surface area contributed by atoms with E-state index in [1.54, 1.807) is 47.0 Å². The number of carbonyl (C=O) groups excluding carboxylic acids is 1. The Balaban J connectivity index is 0.000000192. The summed E-state index contributed by atoms with van der Waals surface area (Å²) in [5.74, 6) is 1.42. The molecule has 1 saturated heterocycles. The fourth-order valence-electron chi connectivity index (χ4n) is 7.92. The van der Waals surface area contributed by atoms with Gasteiger partial charge in [0.15, 0.2) is 0 Å². The Morgan fingerprint density at radius 1 is 0.794 bits per heavy atom. The Kier molecular flexibility index (Phi) is 14.1. The van der Waals surface area contributed by atoms with Gasteiger partial charge in [0.25, 0.3) is 5.91 Å². The van der Waals surface area contributed by atoms with Gasteiger partial charge in [0, 0.05) is 42.6 Å². The first-order valence-electron chi connectivity index (χ1n) is 21.7. The van der Waals surface area contributed by atoms with E-state index in [4.69, 9.17) is 16.3 Å². The quantitative estimate of drug-likeness (QED) is 0.124. The number of hydrogen-bond acceptors (Lipinski definition) is 8. The lowest BCUT2D eigenvalue weighted by Crippen LogP contribution is -2.32. The second kappa shape index (κ2) is 20.3. The molecule has 1 aliphatic rings. The highest BCUT2D eigenvalue weighted by molar-refractivity contribution is 6.30. The molecule has 4 heterocycles. The standard InChI is InChI=1S/C29H28ClF3N4O2.C22H16F3N3O/c1-2-25-27(37-18-22(30)7-12-26(37)35-25)28(38)34-17-19-3-8-23(9-4-19)36-15-13-21(14-16-36)20-5-10-24(11-6-20)39-29(31,32)33;1-14-2-11-19-20(12-14)26-13-27-21(19)28-16-5-9-18(10-6-16)29-17-7-3-15(4-8-17)22(23,24)25/h3-12,18,21H,2,13-17H2,1H3,(H,34,38);2-13H,1H3,(H,26,27,28). The average molecular weight is 952 g/mol. The van der Waals surface area contributed by atoms with Crippen LogP contribution in [0.5, 0.6) is 17.2 Å². The van der Waals surface area contributed by atoms with E-state index in [9.17, 15) is 31.1 Å². The minimum Gasteiger partial charge on any atom is -0.457 e. The van der Waals surface area contributed by atoms with E-state index in [0.717, 1.165) is 82.7 Å². The number of rotatable bonds is 11. The second-order valence-corrected chi connectivity index (χ2v) is 16.5. The molecule has 0 unspecified atom stereocenters. The number of fused-ring (bicyclic) bond motifs is 2. The molecule has 350 valence electrons. The number of ether oxygens (including phenoxy) is 2. The minimum absolute atomic E-state index is 0.200. The first-order valence-corrected chi connectivity index (χ1v) is 22.0. The van der Waals surface area contributed by atoms with Crippen LogP contribution in [0.4, 0.5) is 43.5 Å². The van der Waals surface area contributed by atoms with Crippen LogP contribution in [0.2, 0.25) is 5.02 Å². The number of amides is 1. The molecule has 0 aliphatic carbocycles. The summed E-state index contributed by atoms with van der Waals surface area (Å²) in [6.07, 6.45) is -3.41. The first kappa shape index (κ1) is 47.2. The zero-order valence-electron chi connectivity index (χ0n) is 36.7. The normalized spacial score (nSPS) is 13.2. The van der Waals surface area contributed by atoms with Gasteiger partial charge in [-0.3, -0.25) is 9.20 Å². The van der Waals surface area contributed by atoms with Crippen LogP contribution in [-0.4, -0.2) is 44.7 Å². The molecule has 0 atom stereocenters. The molecule has 1 fully saturated rings.